The van der Waals surface area contributed by atoms with Gasteiger partial charge in [-0.2, -0.15) is 0 Å². The molecule has 24 heavy (non-hydrogen) atoms. The van der Waals surface area contributed by atoms with Crippen LogP contribution in [0.5, 0.6) is 0 Å². The Balaban J connectivity index is 1.81. The van der Waals surface area contributed by atoms with Crippen LogP contribution in [0.15, 0.2) is 48.5 Å². The Labute approximate surface area is 145 Å². The van der Waals surface area contributed by atoms with Crippen molar-refractivity contribution in [2.45, 2.75) is 25.3 Å². The van der Waals surface area contributed by atoms with Gasteiger partial charge in [0, 0.05) is 22.3 Å². The lowest BCUT2D eigenvalue weighted by Crippen LogP contribution is -2.35. The first-order valence-electron chi connectivity index (χ1n) is 7.86. The smallest absolute Gasteiger partial charge is 0.254 e. The van der Waals surface area contributed by atoms with Gasteiger partial charge in [-0.3, -0.25) is 4.79 Å². The highest BCUT2D eigenvalue weighted by Gasteiger charge is 2.20. The summed E-state index contributed by atoms with van der Waals surface area (Å²) >= 11 is 6.06. The van der Waals surface area contributed by atoms with Gasteiger partial charge >= 0.3 is 0 Å². The minimum Gasteiger partial charge on any atom is -0.398 e. The van der Waals surface area contributed by atoms with Gasteiger partial charge in [-0.05, 0) is 55.2 Å². The molecule has 5 heteroatoms. The number of nitrogen functional groups attached to an aromatic ring is 1. The number of anilines is 1. The van der Waals surface area contributed by atoms with Crippen LogP contribution < -0.4 is 11.1 Å². The van der Waals surface area contributed by atoms with E-state index in [1.54, 1.807) is 24.3 Å². The van der Waals surface area contributed by atoms with Gasteiger partial charge < -0.3 is 11.1 Å². The van der Waals surface area contributed by atoms with Crippen molar-refractivity contribution in [3.63, 3.8) is 0 Å². The predicted molar refractivity (Wildman–Crippen MR) is 95.3 cm³/mol. The highest BCUT2D eigenvalue weighted by molar-refractivity contribution is 6.30. The topological polar surface area (TPSA) is 55.1 Å². The summed E-state index contributed by atoms with van der Waals surface area (Å²) in [6.07, 6.45) is 4.59. The van der Waals surface area contributed by atoms with E-state index in [-0.39, 0.29) is 11.6 Å². The molecule has 0 saturated carbocycles. The Morgan fingerprint density at radius 3 is 2.83 bits per heavy atom. The van der Waals surface area contributed by atoms with Crippen molar-refractivity contribution in [2.24, 2.45) is 0 Å². The molecule has 0 heterocycles. The number of halogens is 2. The maximum atomic E-state index is 13.7. The van der Waals surface area contributed by atoms with Gasteiger partial charge in [-0.15, -0.1) is 0 Å². The molecule has 2 aromatic rings. The van der Waals surface area contributed by atoms with E-state index in [9.17, 15) is 9.18 Å². The van der Waals surface area contributed by atoms with E-state index in [4.69, 9.17) is 17.3 Å². The molecule has 0 aliphatic heterocycles. The number of hydrogen-bond acceptors (Lipinski definition) is 2. The Hall–Kier alpha value is -2.33. The number of hydrogen-bond donors (Lipinski definition) is 2. The van der Waals surface area contributed by atoms with Crippen molar-refractivity contribution < 1.29 is 9.18 Å². The second-order valence-corrected chi connectivity index (χ2v) is 6.31. The van der Waals surface area contributed by atoms with Crippen LogP contribution in [-0.2, 0) is 0 Å². The first-order valence-corrected chi connectivity index (χ1v) is 8.24. The summed E-state index contributed by atoms with van der Waals surface area (Å²) < 4.78 is 13.7. The van der Waals surface area contributed by atoms with Crippen molar-refractivity contribution in [2.75, 3.05) is 5.73 Å². The van der Waals surface area contributed by atoms with Gasteiger partial charge in [0.1, 0.15) is 5.82 Å². The fourth-order valence-electron chi connectivity index (χ4n) is 2.96. The maximum absolute atomic E-state index is 13.7. The molecule has 0 radical (unpaired) electrons. The number of nitrogens with two attached hydrogens (primary N) is 1. The van der Waals surface area contributed by atoms with E-state index < -0.39 is 11.7 Å². The summed E-state index contributed by atoms with van der Waals surface area (Å²) in [5.74, 6) is -0.927. The van der Waals surface area contributed by atoms with Crippen LogP contribution in [0.4, 0.5) is 10.1 Å². The summed E-state index contributed by atoms with van der Waals surface area (Å²) in [4.78, 5) is 12.3. The SMILES string of the molecule is Nc1ccc(Cl)cc1C1=C[C@H](NC(=O)c2ccccc2F)CCC1. The number of rotatable bonds is 3. The molecule has 124 valence electrons. The molecule has 0 bridgehead atoms. The zero-order valence-electron chi connectivity index (χ0n) is 13.1. The van der Waals surface area contributed by atoms with Crippen molar-refractivity contribution >= 4 is 28.8 Å². The number of amides is 1. The third kappa shape index (κ3) is 3.60. The van der Waals surface area contributed by atoms with Crippen molar-refractivity contribution in [1.82, 2.24) is 5.32 Å². The molecule has 1 aliphatic carbocycles. The minimum absolute atomic E-state index is 0.0558. The van der Waals surface area contributed by atoms with E-state index in [0.29, 0.717) is 10.7 Å². The molecule has 2 aromatic carbocycles. The zero-order chi connectivity index (χ0) is 17.1. The van der Waals surface area contributed by atoms with Crippen LogP contribution in [0.25, 0.3) is 5.57 Å². The first kappa shape index (κ1) is 16.5. The second-order valence-electron chi connectivity index (χ2n) is 5.88. The highest BCUT2D eigenvalue weighted by atomic mass is 35.5. The highest BCUT2D eigenvalue weighted by Crippen LogP contribution is 2.32. The summed E-state index contributed by atoms with van der Waals surface area (Å²) in [6.45, 7) is 0. The van der Waals surface area contributed by atoms with E-state index in [1.165, 1.54) is 12.1 Å². The van der Waals surface area contributed by atoms with Crippen LogP contribution in [0.2, 0.25) is 5.02 Å². The lowest BCUT2D eigenvalue weighted by molar-refractivity contribution is 0.0938. The van der Waals surface area contributed by atoms with Crippen molar-refractivity contribution in [1.29, 1.82) is 0 Å². The molecule has 0 spiro atoms. The van der Waals surface area contributed by atoms with Crippen LogP contribution in [0.3, 0.4) is 0 Å². The van der Waals surface area contributed by atoms with E-state index in [0.717, 1.165) is 30.4 Å². The molecule has 0 aromatic heterocycles. The number of benzene rings is 2. The molecular formula is C19H18ClFN2O. The van der Waals surface area contributed by atoms with Gasteiger partial charge in [-0.25, -0.2) is 4.39 Å². The number of nitrogens with one attached hydrogen (secondary N) is 1. The first-order chi connectivity index (χ1) is 11.5. The van der Waals surface area contributed by atoms with E-state index in [2.05, 4.69) is 5.32 Å². The Morgan fingerprint density at radius 1 is 1.25 bits per heavy atom. The van der Waals surface area contributed by atoms with Gasteiger partial charge in [0.2, 0.25) is 0 Å². The van der Waals surface area contributed by atoms with Gasteiger partial charge in [0.25, 0.3) is 5.91 Å². The van der Waals surface area contributed by atoms with Crippen molar-refractivity contribution in [3.05, 3.63) is 70.5 Å². The largest absolute Gasteiger partial charge is 0.398 e. The second kappa shape index (κ2) is 7.05. The number of carbonyl (C=O) groups excluding carboxylic acids is 1. The Morgan fingerprint density at radius 2 is 2.04 bits per heavy atom. The number of carbonyl (C=O) groups is 1. The lowest BCUT2D eigenvalue weighted by Gasteiger charge is -2.23. The fourth-order valence-corrected chi connectivity index (χ4v) is 3.13. The molecule has 0 fully saturated rings. The molecule has 3 nitrogen and oxygen atoms in total. The lowest BCUT2D eigenvalue weighted by atomic mass is 9.90. The third-order valence-corrected chi connectivity index (χ3v) is 4.39. The summed E-state index contributed by atoms with van der Waals surface area (Å²) in [5.41, 5.74) is 8.71. The predicted octanol–water partition coefficient (Wildman–Crippen LogP) is 4.43. The van der Waals surface area contributed by atoms with Crippen LogP contribution in [-0.4, -0.2) is 11.9 Å². The zero-order valence-corrected chi connectivity index (χ0v) is 13.8. The molecule has 1 amide bonds. The molecule has 1 aliphatic rings. The molecule has 3 N–H and O–H groups in total. The standard InChI is InChI=1S/C19H18ClFN2O/c20-13-8-9-18(22)16(11-13)12-4-3-5-14(10-12)23-19(24)15-6-1-2-7-17(15)21/h1-2,6-11,14H,3-5,22H2,(H,23,24)/t14-/m1/s1. The van der Waals surface area contributed by atoms with Crippen molar-refractivity contribution in [3.8, 4) is 0 Å². The average molecular weight is 345 g/mol. The van der Waals surface area contributed by atoms with Crippen LogP contribution in [0, 0.1) is 5.82 Å². The fraction of sp³-hybridized carbons (Fsp3) is 0.211. The summed E-state index contributed by atoms with van der Waals surface area (Å²) in [5, 5.41) is 3.50. The number of allylic oxidation sites excluding steroid dienone is 1. The molecule has 1 atom stereocenters. The molecule has 3 rings (SSSR count). The van der Waals surface area contributed by atoms with E-state index >= 15 is 0 Å². The van der Waals surface area contributed by atoms with Crippen LogP contribution >= 0.6 is 11.6 Å². The Bertz CT molecular complexity index is 804. The normalized spacial score (nSPS) is 17.2. The molecule has 0 saturated heterocycles. The van der Waals surface area contributed by atoms with Gasteiger partial charge in [0.05, 0.1) is 5.56 Å². The average Bonchev–Trinajstić information content (AvgIpc) is 2.57. The maximum Gasteiger partial charge on any atom is 0.254 e. The molecular weight excluding hydrogens is 327 g/mol. The quantitative estimate of drug-likeness (QED) is 0.809. The minimum atomic E-state index is -0.519. The molecule has 0 unspecified atom stereocenters. The van der Waals surface area contributed by atoms with E-state index in [1.807, 2.05) is 12.1 Å². The summed E-state index contributed by atoms with van der Waals surface area (Å²) in [7, 11) is 0. The van der Waals surface area contributed by atoms with Gasteiger partial charge in [-0.1, -0.05) is 29.8 Å². The third-order valence-electron chi connectivity index (χ3n) is 4.16. The van der Waals surface area contributed by atoms with Gasteiger partial charge in [0.15, 0.2) is 0 Å². The monoisotopic (exact) mass is 344 g/mol. The Kier molecular flexibility index (Phi) is 4.86. The van der Waals surface area contributed by atoms with Crippen LogP contribution in [0.1, 0.15) is 35.2 Å². The summed E-state index contributed by atoms with van der Waals surface area (Å²) in [6, 6.07) is 11.2.